The fraction of sp³-hybridized carbons (Fsp3) is 0.120. The number of hydrazone groups is 1. The molecule has 7 nitrogen and oxygen atoms in total. The molecule has 0 aliphatic carbocycles. The number of aromatic nitrogens is 3. The van der Waals surface area contributed by atoms with Gasteiger partial charge in [0.2, 0.25) is 0 Å². The minimum atomic E-state index is -0.238. The normalized spacial score (nSPS) is 11.5. The van der Waals surface area contributed by atoms with Crippen molar-refractivity contribution in [2.24, 2.45) is 5.10 Å². The van der Waals surface area contributed by atoms with Crippen molar-refractivity contribution >= 4 is 30.0 Å². The zero-order valence-electron chi connectivity index (χ0n) is 18.3. The Balaban J connectivity index is 1.47. The van der Waals surface area contributed by atoms with Crippen LogP contribution in [0.25, 0.3) is 23.2 Å². The summed E-state index contributed by atoms with van der Waals surface area (Å²) in [6.07, 6.45) is 6.53. The van der Waals surface area contributed by atoms with Crippen LogP contribution in [0.4, 0.5) is 0 Å². The summed E-state index contributed by atoms with van der Waals surface area (Å²) < 4.78 is 7.16. The van der Waals surface area contributed by atoms with E-state index in [2.05, 4.69) is 20.7 Å². The van der Waals surface area contributed by atoms with E-state index in [1.54, 1.807) is 24.5 Å². The summed E-state index contributed by atoms with van der Waals surface area (Å²) in [5.41, 5.74) is 6.74. The summed E-state index contributed by atoms with van der Waals surface area (Å²) >= 11 is 1.31. The maximum Gasteiger partial charge on any atom is 0.250 e. The van der Waals surface area contributed by atoms with E-state index in [0.717, 1.165) is 22.6 Å². The van der Waals surface area contributed by atoms with Crippen molar-refractivity contribution < 1.29 is 9.21 Å². The lowest BCUT2D eigenvalue weighted by atomic mass is 10.1. The van der Waals surface area contributed by atoms with E-state index in [4.69, 9.17) is 4.42 Å². The first-order valence-corrected chi connectivity index (χ1v) is 11.3. The number of aryl methyl sites for hydroxylation is 2. The molecule has 166 valence electrons. The van der Waals surface area contributed by atoms with Crippen molar-refractivity contribution in [2.75, 3.05) is 5.75 Å². The van der Waals surface area contributed by atoms with Crippen LogP contribution in [0.2, 0.25) is 0 Å². The molecule has 0 unspecified atom stereocenters. The molecule has 2 heterocycles. The number of nitrogens with zero attached hydrogens (tertiary/aromatic N) is 4. The molecule has 0 radical (unpaired) electrons. The van der Waals surface area contributed by atoms with Gasteiger partial charge in [-0.1, -0.05) is 59.3 Å². The number of hydrogen-bond donors (Lipinski definition) is 1. The number of thioether (sulfide) groups is 1. The Bertz CT molecular complexity index is 1260. The standard InChI is InChI=1S/C25H23N5O2S/c1-18-7-11-20(12-8-18)24-28-29-25(30(24)21-13-9-19(2)10-14-21)33-17-23(31)27-26-15-3-5-22-6-4-16-32-22/h3-16H,17H2,1-2H3,(H,27,31)/b5-3-,26-15-. The van der Waals surface area contributed by atoms with Crippen LogP contribution in [0.3, 0.4) is 0 Å². The first-order valence-electron chi connectivity index (χ1n) is 10.3. The molecular weight excluding hydrogens is 434 g/mol. The zero-order chi connectivity index (χ0) is 23.0. The maximum atomic E-state index is 12.3. The maximum absolute atomic E-state index is 12.3. The minimum Gasteiger partial charge on any atom is -0.465 e. The molecule has 0 fully saturated rings. The van der Waals surface area contributed by atoms with E-state index in [9.17, 15) is 4.79 Å². The largest absolute Gasteiger partial charge is 0.465 e. The van der Waals surface area contributed by atoms with E-state index >= 15 is 0 Å². The molecule has 4 rings (SSSR count). The predicted octanol–water partition coefficient (Wildman–Crippen LogP) is 5.05. The lowest BCUT2D eigenvalue weighted by molar-refractivity contribution is -0.118. The van der Waals surface area contributed by atoms with Crippen LogP contribution in [-0.2, 0) is 4.79 Å². The number of carbonyl (C=O) groups excluding carboxylic acids is 1. The lowest BCUT2D eigenvalue weighted by Crippen LogP contribution is -2.19. The molecule has 0 saturated heterocycles. The lowest BCUT2D eigenvalue weighted by Gasteiger charge is -2.11. The third-order valence-corrected chi connectivity index (χ3v) is 5.65. The van der Waals surface area contributed by atoms with Gasteiger partial charge in [-0.25, -0.2) is 5.43 Å². The molecule has 0 saturated carbocycles. The van der Waals surface area contributed by atoms with Gasteiger partial charge in [0.25, 0.3) is 5.91 Å². The third kappa shape index (κ3) is 5.87. The molecule has 4 aromatic rings. The highest BCUT2D eigenvalue weighted by atomic mass is 32.2. The van der Waals surface area contributed by atoms with E-state index in [0.29, 0.717) is 10.9 Å². The Morgan fingerprint density at radius 2 is 1.79 bits per heavy atom. The second-order valence-corrected chi connectivity index (χ2v) is 8.26. The average Bonchev–Trinajstić information content (AvgIpc) is 3.49. The molecule has 1 N–H and O–H groups in total. The van der Waals surface area contributed by atoms with Gasteiger partial charge in [0.05, 0.1) is 12.0 Å². The zero-order valence-corrected chi connectivity index (χ0v) is 19.1. The third-order valence-electron chi connectivity index (χ3n) is 4.72. The molecule has 8 heteroatoms. The fourth-order valence-corrected chi connectivity index (χ4v) is 3.76. The number of rotatable bonds is 8. The van der Waals surface area contributed by atoms with Gasteiger partial charge in [-0.3, -0.25) is 9.36 Å². The van der Waals surface area contributed by atoms with Gasteiger partial charge in [0, 0.05) is 17.5 Å². The molecule has 2 aromatic heterocycles. The van der Waals surface area contributed by atoms with Crippen LogP contribution in [0.5, 0.6) is 0 Å². The Morgan fingerprint density at radius 3 is 2.48 bits per heavy atom. The van der Waals surface area contributed by atoms with Gasteiger partial charge in [-0.15, -0.1) is 10.2 Å². The van der Waals surface area contributed by atoms with E-state index in [1.807, 2.05) is 73.0 Å². The number of benzene rings is 2. The van der Waals surface area contributed by atoms with Crippen molar-refractivity contribution in [3.05, 3.63) is 89.9 Å². The molecule has 33 heavy (non-hydrogen) atoms. The van der Waals surface area contributed by atoms with Crippen LogP contribution in [0.1, 0.15) is 16.9 Å². The summed E-state index contributed by atoms with van der Waals surface area (Å²) in [5.74, 6) is 1.35. The molecule has 0 atom stereocenters. The van der Waals surface area contributed by atoms with Crippen LogP contribution in [0, 0.1) is 13.8 Å². The molecule has 0 aliphatic rings. The fourth-order valence-electron chi connectivity index (χ4n) is 3.02. The van der Waals surface area contributed by atoms with Crippen LogP contribution >= 0.6 is 11.8 Å². The van der Waals surface area contributed by atoms with Gasteiger partial charge in [0.15, 0.2) is 11.0 Å². The molecule has 1 amide bonds. The van der Waals surface area contributed by atoms with Crippen molar-refractivity contribution in [3.8, 4) is 17.1 Å². The van der Waals surface area contributed by atoms with Crippen molar-refractivity contribution in [2.45, 2.75) is 19.0 Å². The number of hydrogen-bond acceptors (Lipinski definition) is 6. The number of carbonyl (C=O) groups is 1. The summed E-state index contributed by atoms with van der Waals surface area (Å²) in [5, 5.41) is 13.3. The Hall–Kier alpha value is -3.91. The van der Waals surface area contributed by atoms with Gasteiger partial charge >= 0.3 is 0 Å². The molecular formula is C25H23N5O2S. The van der Waals surface area contributed by atoms with Gasteiger partial charge in [0.1, 0.15) is 5.76 Å². The summed E-state index contributed by atoms with van der Waals surface area (Å²) in [7, 11) is 0. The molecule has 2 aromatic carbocycles. The van der Waals surface area contributed by atoms with Crippen LogP contribution < -0.4 is 5.43 Å². The predicted molar refractivity (Wildman–Crippen MR) is 131 cm³/mol. The first kappa shape index (κ1) is 22.3. The summed E-state index contributed by atoms with van der Waals surface area (Å²) in [4.78, 5) is 12.3. The van der Waals surface area contributed by atoms with Gasteiger partial charge in [-0.05, 0) is 50.3 Å². The van der Waals surface area contributed by atoms with E-state index < -0.39 is 0 Å². The SMILES string of the molecule is Cc1ccc(-c2nnc(SCC(=O)N/N=C\C=C/c3ccco3)n2-c2ccc(C)cc2)cc1. The highest BCUT2D eigenvalue weighted by Gasteiger charge is 2.17. The number of amides is 1. The van der Waals surface area contributed by atoms with E-state index in [1.165, 1.54) is 23.5 Å². The van der Waals surface area contributed by atoms with Gasteiger partial charge < -0.3 is 4.42 Å². The Morgan fingerprint density at radius 1 is 1.06 bits per heavy atom. The Kier molecular flexibility index (Phi) is 7.16. The topological polar surface area (TPSA) is 85.3 Å². The van der Waals surface area contributed by atoms with Crippen LogP contribution in [0.15, 0.2) is 87.7 Å². The number of furan rings is 1. The number of allylic oxidation sites excluding steroid dienone is 1. The molecule has 0 spiro atoms. The minimum absolute atomic E-state index is 0.150. The smallest absolute Gasteiger partial charge is 0.250 e. The second-order valence-electron chi connectivity index (χ2n) is 7.32. The van der Waals surface area contributed by atoms with Crippen LogP contribution in [-0.4, -0.2) is 32.6 Å². The summed E-state index contributed by atoms with van der Waals surface area (Å²) in [6.45, 7) is 4.09. The van der Waals surface area contributed by atoms with Crippen molar-refractivity contribution in [3.63, 3.8) is 0 Å². The second kappa shape index (κ2) is 10.6. The highest BCUT2D eigenvalue weighted by Crippen LogP contribution is 2.28. The van der Waals surface area contributed by atoms with E-state index in [-0.39, 0.29) is 11.7 Å². The Labute approximate surface area is 196 Å². The van der Waals surface area contributed by atoms with Crippen molar-refractivity contribution in [1.29, 1.82) is 0 Å². The quantitative estimate of drug-likeness (QED) is 0.227. The van der Waals surface area contributed by atoms with Gasteiger partial charge in [-0.2, -0.15) is 5.10 Å². The average molecular weight is 458 g/mol. The number of nitrogens with one attached hydrogen (secondary N) is 1. The highest BCUT2D eigenvalue weighted by molar-refractivity contribution is 7.99. The monoisotopic (exact) mass is 457 g/mol. The first-order chi connectivity index (χ1) is 16.1. The van der Waals surface area contributed by atoms with Crippen molar-refractivity contribution in [1.82, 2.24) is 20.2 Å². The molecule has 0 aliphatic heterocycles. The molecule has 0 bridgehead atoms. The summed E-state index contributed by atoms with van der Waals surface area (Å²) in [6, 6.07) is 19.9.